The number of fused-ring (bicyclic) bond motifs is 1. The van der Waals surface area contributed by atoms with E-state index in [4.69, 9.17) is 28.3 Å². The maximum absolute atomic E-state index is 10.7. The van der Waals surface area contributed by atoms with Gasteiger partial charge in [-0.25, -0.2) is 4.79 Å². The summed E-state index contributed by atoms with van der Waals surface area (Å²) in [5.41, 5.74) is 2.20. The van der Waals surface area contributed by atoms with Crippen molar-refractivity contribution in [1.29, 1.82) is 0 Å². The van der Waals surface area contributed by atoms with Crippen LogP contribution in [0.5, 0.6) is 0 Å². The quantitative estimate of drug-likeness (QED) is 0.831. The van der Waals surface area contributed by atoms with Crippen LogP contribution in [0.4, 0.5) is 0 Å². The van der Waals surface area contributed by atoms with Gasteiger partial charge in [0.25, 0.3) is 0 Å². The van der Waals surface area contributed by atoms with Gasteiger partial charge in [-0.1, -0.05) is 43.1 Å². The highest BCUT2D eigenvalue weighted by Gasteiger charge is 2.12. The molecule has 0 aliphatic carbocycles. The first-order valence-corrected chi connectivity index (χ1v) is 6.85. The monoisotopic (exact) mass is 309 g/mol. The molecule has 0 unspecified atom stereocenters. The van der Waals surface area contributed by atoms with Crippen molar-refractivity contribution in [3.05, 3.63) is 45.6 Å². The van der Waals surface area contributed by atoms with Crippen LogP contribution >= 0.6 is 23.2 Å². The number of aliphatic carboxylic acids is 1. The number of pyridine rings is 1. The molecule has 104 valence electrons. The number of carboxylic acids is 1. The lowest BCUT2D eigenvalue weighted by Gasteiger charge is -2.11. The maximum Gasteiger partial charge on any atom is 0.328 e. The summed E-state index contributed by atoms with van der Waals surface area (Å²) in [6.07, 6.45) is 2.64. The van der Waals surface area contributed by atoms with Crippen LogP contribution in [-0.4, -0.2) is 16.1 Å². The van der Waals surface area contributed by atoms with E-state index in [2.05, 4.69) is 4.98 Å². The smallest absolute Gasteiger partial charge is 0.328 e. The summed E-state index contributed by atoms with van der Waals surface area (Å²) in [5.74, 6) is -0.799. The zero-order valence-corrected chi connectivity index (χ0v) is 12.5. The summed E-state index contributed by atoms with van der Waals surface area (Å²) in [7, 11) is 0. The third kappa shape index (κ3) is 2.94. The van der Waals surface area contributed by atoms with E-state index in [0.717, 1.165) is 22.7 Å². The predicted octanol–water partition coefficient (Wildman–Crippen LogP) is 4.76. The van der Waals surface area contributed by atoms with E-state index in [1.54, 1.807) is 18.2 Å². The van der Waals surface area contributed by atoms with Crippen molar-refractivity contribution in [1.82, 2.24) is 4.98 Å². The SMILES string of the molecule is CC(C)c1cc(/C=C/C(=O)O)c2ccc(Cl)c(Cl)c2n1. The highest BCUT2D eigenvalue weighted by molar-refractivity contribution is 6.45. The van der Waals surface area contributed by atoms with Gasteiger partial charge >= 0.3 is 5.97 Å². The van der Waals surface area contributed by atoms with Crippen LogP contribution in [-0.2, 0) is 4.79 Å². The topological polar surface area (TPSA) is 50.2 Å². The Balaban J connectivity index is 2.77. The second kappa shape index (κ2) is 5.81. The zero-order valence-electron chi connectivity index (χ0n) is 11.0. The van der Waals surface area contributed by atoms with Crippen molar-refractivity contribution in [2.75, 3.05) is 0 Å². The second-order valence-corrected chi connectivity index (χ2v) is 5.51. The summed E-state index contributed by atoms with van der Waals surface area (Å²) in [4.78, 5) is 15.2. The first kappa shape index (κ1) is 14.8. The Morgan fingerprint density at radius 2 is 2.05 bits per heavy atom. The number of nitrogens with zero attached hydrogens (tertiary/aromatic N) is 1. The Bertz CT molecular complexity index is 709. The molecular weight excluding hydrogens is 297 g/mol. The van der Waals surface area contributed by atoms with Crippen molar-refractivity contribution in [2.45, 2.75) is 19.8 Å². The van der Waals surface area contributed by atoms with Gasteiger partial charge in [0.2, 0.25) is 0 Å². The Hall–Kier alpha value is -1.58. The number of hydrogen-bond donors (Lipinski definition) is 1. The average Bonchev–Trinajstić information content (AvgIpc) is 2.40. The van der Waals surface area contributed by atoms with Crippen molar-refractivity contribution in [2.24, 2.45) is 0 Å². The van der Waals surface area contributed by atoms with Gasteiger partial charge in [-0.2, -0.15) is 0 Å². The number of hydrogen-bond acceptors (Lipinski definition) is 2. The van der Waals surface area contributed by atoms with Crippen molar-refractivity contribution in [3.8, 4) is 0 Å². The van der Waals surface area contributed by atoms with E-state index in [1.165, 1.54) is 0 Å². The number of carbonyl (C=O) groups is 1. The molecular formula is C15H13Cl2NO2. The van der Waals surface area contributed by atoms with Crippen LogP contribution in [0.1, 0.15) is 31.0 Å². The number of halogens is 2. The molecule has 0 saturated heterocycles. The fourth-order valence-corrected chi connectivity index (χ4v) is 2.23. The molecule has 5 heteroatoms. The molecule has 0 radical (unpaired) electrons. The minimum Gasteiger partial charge on any atom is -0.478 e. The van der Waals surface area contributed by atoms with Crippen molar-refractivity contribution in [3.63, 3.8) is 0 Å². The van der Waals surface area contributed by atoms with Crippen molar-refractivity contribution < 1.29 is 9.90 Å². The van der Waals surface area contributed by atoms with Gasteiger partial charge < -0.3 is 5.11 Å². The third-order valence-electron chi connectivity index (χ3n) is 2.92. The Kier molecular flexibility index (Phi) is 4.31. The summed E-state index contributed by atoms with van der Waals surface area (Å²) in [6.45, 7) is 4.02. The predicted molar refractivity (Wildman–Crippen MR) is 82.5 cm³/mol. The average molecular weight is 310 g/mol. The molecule has 0 atom stereocenters. The molecule has 0 fully saturated rings. The van der Waals surface area contributed by atoms with E-state index in [0.29, 0.717) is 15.6 Å². The van der Waals surface area contributed by atoms with Gasteiger partial charge in [-0.15, -0.1) is 0 Å². The number of aromatic nitrogens is 1. The molecule has 20 heavy (non-hydrogen) atoms. The van der Waals surface area contributed by atoms with E-state index in [-0.39, 0.29) is 5.92 Å². The molecule has 1 aromatic carbocycles. The first-order chi connectivity index (χ1) is 9.40. The van der Waals surface area contributed by atoms with Crippen LogP contribution in [0.3, 0.4) is 0 Å². The summed E-state index contributed by atoms with van der Waals surface area (Å²) < 4.78 is 0. The summed E-state index contributed by atoms with van der Waals surface area (Å²) >= 11 is 12.2. The standard InChI is InChI=1S/C15H13Cl2NO2/c1-8(2)12-7-9(3-6-13(19)20)10-4-5-11(16)14(17)15(10)18-12/h3-8H,1-2H3,(H,19,20)/b6-3+. The molecule has 3 nitrogen and oxygen atoms in total. The molecule has 0 aliphatic rings. The highest BCUT2D eigenvalue weighted by atomic mass is 35.5. The number of carboxylic acid groups (broad SMARTS) is 1. The minimum atomic E-state index is -0.999. The van der Waals surface area contributed by atoms with Gasteiger partial charge in [0.1, 0.15) is 0 Å². The Morgan fingerprint density at radius 1 is 1.35 bits per heavy atom. The lowest BCUT2D eigenvalue weighted by Crippen LogP contribution is -1.96. The zero-order chi connectivity index (χ0) is 14.9. The lowest BCUT2D eigenvalue weighted by atomic mass is 10.0. The maximum atomic E-state index is 10.7. The first-order valence-electron chi connectivity index (χ1n) is 6.10. The van der Waals surface area contributed by atoms with E-state index >= 15 is 0 Å². The summed E-state index contributed by atoms with van der Waals surface area (Å²) in [5, 5.41) is 10.4. The van der Waals surface area contributed by atoms with Gasteiger partial charge in [0.15, 0.2) is 0 Å². The molecule has 0 amide bonds. The second-order valence-electron chi connectivity index (χ2n) is 4.72. The molecule has 1 heterocycles. The highest BCUT2D eigenvalue weighted by Crippen LogP contribution is 2.33. The molecule has 0 bridgehead atoms. The fraction of sp³-hybridized carbons (Fsp3) is 0.200. The minimum absolute atomic E-state index is 0.200. The van der Waals surface area contributed by atoms with Gasteiger partial charge in [0.05, 0.1) is 15.6 Å². The van der Waals surface area contributed by atoms with Gasteiger partial charge in [-0.3, -0.25) is 4.98 Å². The lowest BCUT2D eigenvalue weighted by molar-refractivity contribution is -0.131. The molecule has 0 spiro atoms. The van der Waals surface area contributed by atoms with Crippen molar-refractivity contribution >= 4 is 46.2 Å². The van der Waals surface area contributed by atoms with Crippen LogP contribution in [0.15, 0.2) is 24.3 Å². The number of benzene rings is 1. The van der Waals surface area contributed by atoms with Crippen LogP contribution < -0.4 is 0 Å². The van der Waals surface area contributed by atoms with E-state index < -0.39 is 5.97 Å². The molecule has 2 rings (SSSR count). The Morgan fingerprint density at radius 3 is 2.65 bits per heavy atom. The normalized spacial score (nSPS) is 11.7. The van der Waals surface area contributed by atoms with Crippen LogP contribution in [0.2, 0.25) is 10.0 Å². The molecule has 1 N–H and O–H groups in total. The molecule has 1 aromatic heterocycles. The van der Waals surface area contributed by atoms with Crippen LogP contribution in [0, 0.1) is 0 Å². The van der Waals surface area contributed by atoms with E-state index in [9.17, 15) is 4.79 Å². The molecule has 0 aliphatic heterocycles. The van der Waals surface area contributed by atoms with E-state index in [1.807, 2.05) is 19.9 Å². The third-order valence-corrected chi connectivity index (χ3v) is 3.72. The molecule has 2 aromatic rings. The fourth-order valence-electron chi connectivity index (χ4n) is 1.88. The largest absolute Gasteiger partial charge is 0.478 e. The Labute approximate surface area is 126 Å². The van der Waals surface area contributed by atoms with Gasteiger partial charge in [-0.05, 0) is 29.7 Å². The summed E-state index contributed by atoms with van der Waals surface area (Å²) in [6, 6.07) is 5.35. The molecule has 0 saturated carbocycles. The van der Waals surface area contributed by atoms with Gasteiger partial charge in [0, 0.05) is 17.2 Å². The van der Waals surface area contributed by atoms with Crippen LogP contribution in [0.25, 0.3) is 17.0 Å². The number of rotatable bonds is 3.